The molecule has 4 heteroatoms. The molecule has 0 atom stereocenters. The predicted molar refractivity (Wildman–Crippen MR) is 73.3 cm³/mol. The van der Waals surface area contributed by atoms with E-state index in [0.29, 0.717) is 6.61 Å². The third-order valence-electron chi connectivity index (χ3n) is 2.86. The number of esters is 1. The number of carbonyl (C=O) groups is 1. The molecule has 0 bridgehead atoms. The molecule has 0 fully saturated rings. The number of hydrogen-bond donors (Lipinski definition) is 0. The monoisotopic (exact) mass is 266 g/mol. The molecular formula is C15H22O4. The maximum Gasteiger partial charge on any atom is 0.314 e. The molecule has 0 aliphatic carbocycles. The van der Waals surface area contributed by atoms with Gasteiger partial charge in [0.15, 0.2) is 0 Å². The van der Waals surface area contributed by atoms with Crippen molar-refractivity contribution in [2.24, 2.45) is 5.41 Å². The van der Waals surface area contributed by atoms with Gasteiger partial charge in [-0.05, 0) is 38.0 Å². The van der Waals surface area contributed by atoms with Crippen molar-refractivity contribution in [3.05, 3.63) is 29.8 Å². The fourth-order valence-electron chi connectivity index (χ4n) is 1.57. The number of hydrogen-bond acceptors (Lipinski definition) is 4. The van der Waals surface area contributed by atoms with Crippen molar-refractivity contribution in [1.29, 1.82) is 0 Å². The van der Waals surface area contributed by atoms with E-state index in [0.717, 1.165) is 12.2 Å². The van der Waals surface area contributed by atoms with Crippen LogP contribution in [-0.4, -0.2) is 33.4 Å². The summed E-state index contributed by atoms with van der Waals surface area (Å²) in [6.07, 6.45) is 0.879. The first-order valence-electron chi connectivity index (χ1n) is 6.28. The number of rotatable bonds is 7. The first kappa shape index (κ1) is 15.5. The lowest BCUT2D eigenvalue weighted by Gasteiger charge is -2.21. The third kappa shape index (κ3) is 4.91. The Labute approximate surface area is 114 Å². The van der Waals surface area contributed by atoms with Gasteiger partial charge in [0.1, 0.15) is 12.4 Å². The van der Waals surface area contributed by atoms with E-state index in [4.69, 9.17) is 14.2 Å². The standard InChI is InChI=1S/C15H22O4/c1-15(2,14(16)18-4)11-19-13-7-5-12(6-8-13)9-10-17-3/h5-8H,9-11H2,1-4H3. The average molecular weight is 266 g/mol. The third-order valence-corrected chi connectivity index (χ3v) is 2.86. The molecule has 106 valence electrons. The molecule has 1 aromatic rings. The summed E-state index contributed by atoms with van der Waals surface area (Å²) >= 11 is 0. The van der Waals surface area contributed by atoms with Gasteiger partial charge in [-0.3, -0.25) is 4.79 Å². The largest absolute Gasteiger partial charge is 0.492 e. The minimum absolute atomic E-state index is 0.274. The summed E-state index contributed by atoms with van der Waals surface area (Å²) in [7, 11) is 3.07. The van der Waals surface area contributed by atoms with Crippen LogP contribution < -0.4 is 4.74 Å². The fraction of sp³-hybridized carbons (Fsp3) is 0.533. The molecule has 0 N–H and O–H groups in total. The highest BCUT2D eigenvalue weighted by Crippen LogP contribution is 2.20. The lowest BCUT2D eigenvalue weighted by Crippen LogP contribution is -2.32. The molecular weight excluding hydrogens is 244 g/mol. The zero-order valence-electron chi connectivity index (χ0n) is 12.1. The molecule has 1 rings (SSSR count). The minimum Gasteiger partial charge on any atom is -0.492 e. The maximum atomic E-state index is 11.5. The van der Waals surface area contributed by atoms with Crippen LogP contribution in [0.15, 0.2) is 24.3 Å². The average Bonchev–Trinajstić information content (AvgIpc) is 2.43. The highest BCUT2D eigenvalue weighted by molar-refractivity contribution is 5.75. The molecule has 1 aromatic carbocycles. The first-order valence-corrected chi connectivity index (χ1v) is 6.28. The molecule has 0 spiro atoms. The Morgan fingerprint density at radius 3 is 2.32 bits per heavy atom. The van der Waals surface area contributed by atoms with Gasteiger partial charge in [0.25, 0.3) is 0 Å². The highest BCUT2D eigenvalue weighted by Gasteiger charge is 2.29. The summed E-state index contributed by atoms with van der Waals surface area (Å²) in [5, 5.41) is 0. The van der Waals surface area contributed by atoms with Crippen molar-refractivity contribution < 1.29 is 19.0 Å². The molecule has 0 radical (unpaired) electrons. The zero-order chi connectivity index (χ0) is 14.3. The molecule has 0 aliphatic heterocycles. The Morgan fingerprint density at radius 2 is 1.79 bits per heavy atom. The van der Waals surface area contributed by atoms with Crippen LogP contribution in [0.2, 0.25) is 0 Å². The van der Waals surface area contributed by atoms with Crippen LogP contribution >= 0.6 is 0 Å². The maximum absolute atomic E-state index is 11.5. The summed E-state index contributed by atoms with van der Waals surface area (Å²) < 4.78 is 15.4. The van der Waals surface area contributed by atoms with Crippen LogP contribution in [0.4, 0.5) is 0 Å². The SMILES string of the molecule is COCCc1ccc(OCC(C)(C)C(=O)OC)cc1. The molecule has 0 aromatic heterocycles. The van der Waals surface area contributed by atoms with E-state index in [2.05, 4.69) is 0 Å². The van der Waals surface area contributed by atoms with E-state index in [1.54, 1.807) is 21.0 Å². The van der Waals surface area contributed by atoms with Crippen LogP contribution in [0.5, 0.6) is 5.75 Å². The van der Waals surface area contributed by atoms with Crippen molar-refractivity contribution in [2.45, 2.75) is 20.3 Å². The Bertz CT molecular complexity index is 395. The van der Waals surface area contributed by atoms with E-state index in [9.17, 15) is 4.79 Å². The van der Waals surface area contributed by atoms with Gasteiger partial charge in [-0.1, -0.05) is 12.1 Å². The Kier molecular flexibility index (Phi) is 5.83. The molecule has 4 nitrogen and oxygen atoms in total. The van der Waals surface area contributed by atoms with Gasteiger partial charge in [-0.2, -0.15) is 0 Å². The molecule has 0 aliphatic rings. The molecule has 0 unspecified atom stereocenters. The molecule has 0 saturated carbocycles. The lowest BCUT2D eigenvalue weighted by molar-refractivity contribution is -0.152. The van der Waals surface area contributed by atoms with Gasteiger partial charge in [0, 0.05) is 7.11 Å². The Hall–Kier alpha value is -1.55. The van der Waals surface area contributed by atoms with E-state index >= 15 is 0 Å². The van der Waals surface area contributed by atoms with Gasteiger partial charge in [0.05, 0.1) is 19.1 Å². The topological polar surface area (TPSA) is 44.8 Å². The van der Waals surface area contributed by atoms with Gasteiger partial charge < -0.3 is 14.2 Å². The molecule has 0 heterocycles. The summed E-state index contributed by atoms with van der Waals surface area (Å²) in [6, 6.07) is 7.80. The van der Waals surface area contributed by atoms with E-state index in [1.807, 2.05) is 24.3 Å². The zero-order valence-corrected chi connectivity index (χ0v) is 12.1. The molecule has 19 heavy (non-hydrogen) atoms. The summed E-state index contributed by atoms with van der Waals surface area (Å²) in [5.41, 5.74) is 0.546. The number of carbonyl (C=O) groups excluding carboxylic acids is 1. The van der Waals surface area contributed by atoms with Gasteiger partial charge in [-0.15, -0.1) is 0 Å². The number of benzene rings is 1. The summed E-state index contributed by atoms with van der Waals surface area (Å²) in [5.74, 6) is 0.474. The molecule has 0 saturated heterocycles. The van der Waals surface area contributed by atoms with E-state index in [1.165, 1.54) is 12.7 Å². The van der Waals surface area contributed by atoms with Crippen molar-refractivity contribution in [2.75, 3.05) is 27.4 Å². The van der Waals surface area contributed by atoms with Crippen LogP contribution in [0, 0.1) is 5.41 Å². The second kappa shape index (κ2) is 7.14. The van der Waals surface area contributed by atoms with E-state index in [-0.39, 0.29) is 12.6 Å². The van der Waals surface area contributed by atoms with Crippen LogP contribution in [-0.2, 0) is 20.7 Å². The second-order valence-corrected chi connectivity index (χ2v) is 5.05. The van der Waals surface area contributed by atoms with Gasteiger partial charge in [-0.25, -0.2) is 0 Å². The Balaban J connectivity index is 2.52. The second-order valence-electron chi connectivity index (χ2n) is 5.05. The van der Waals surface area contributed by atoms with Gasteiger partial charge >= 0.3 is 5.97 Å². The number of methoxy groups -OCH3 is 2. The van der Waals surface area contributed by atoms with Crippen molar-refractivity contribution in [3.8, 4) is 5.75 Å². The van der Waals surface area contributed by atoms with Crippen molar-refractivity contribution in [3.63, 3.8) is 0 Å². The van der Waals surface area contributed by atoms with E-state index < -0.39 is 5.41 Å². The van der Waals surface area contributed by atoms with Crippen LogP contribution in [0.3, 0.4) is 0 Å². The summed E-state index contributed by atoms with van der Waals surface area (Å²) in [6.45, 7) is 4.59. The predicted octanol–water partition coefficient (Wildman–Crippen LogP) is 2.45. The minimum atomic E-state index is -0.649. The quantitative estimate of drug-likeness (QED) is 0.711. The lowest BCUT2D eigenvalue weighted by atomic mass is 9.95. The smallest absolute Gasteiger partial charge is 0.314 e. The van der Waals surface area contributed by atoms with Gasteiger partial charge in [0.2, 0.25) is 0 Å². The van der Waals surface area contributed by atoms with Crippen LogP contribution in [0.1, 0.15) is 19.4 Å². The Morgan fingerprint density at radius 1 is 1.16 bits per heavy atom. The normalized spacial score (nSPS) is 11.2. The summed E-state index contributed by atoms with van der Waals surface area (Å²) in [4.78, 5) is 11.5. The van der Waals surface area contributed by atoms with Crippen molar-refractivity contribution in [1.82, 2.24) is 0 Å². The van der Waals surface area contributed by atoms with Crippen molar-refractivity contribution >= 4 is 5.97 Å². The first-order chi connectivity index (χ1) is 8.99. The highest BCUT2D eigenvalue weighted by atomic mass is 16.5. The fourth-order valence-corrected chi connectivity index (χ4v) is 1.57. The number of ether oxygens (including phenoxy) is 3. The molecule has 0 amide bonds. The van der Waals surface area contributed by atoms with Crippen LogP contribution in [0.25, 0.3) is 0 Å².